The number of aromatic nitrogens is 3. The zero-order chi connectivity index (χ0) is 24.9. The van der Waals surface area contributed by atoms with E-state index in [4.69, 9.17) is 9.47 Å². The van der Waals surface area contributed by atoms with Gasteiger partial charge in [0.15, 0.2) is 0 Å². The Labute approximate surface area is 195 Å². The molecular formula is C21H35N5O6S. The Morgan fingerprint density at radius 2 is 1.70 bits per heavy atom. The highest BCUT2D eigenvalue weighted by molar-refractivity contribution is 7.90. The highest BCUT2D eigenvalue weighted by Gasteiger charge is 2.41. The zero-order valence-electron chi connectivity index (χ0n) is 20.2. The molecule has 1 aromatic rings. The van der Waals surface area contributed by atoms with Crippen molar-refractivity contribution in [3.63, 3.8) is 0 Å². The molecule has 1 aromatic heterocycles. The van der Waals surface area contributed by atoms with E-state index in [1.165, 1.54) is 0 Å². The van der Waals surface area contributed by atoms with Gasteiger partial charge in [0, 0.05) is 12.6 Å². The van der Waals surface area contributed by atoms with Crippen LogP contribution in [0.5, 0.6) is 0 Å². The number of carbonyl (C=O) groups is 2. The molecule has 0 aliphatic heterocycles. The monoisotopic (exact) mass is 485 g/mol. The van der Waals surface area contributed by atoms with Gasteiger partial charge in [-0.1, -0.05) is 0 Å². The normalized spacial score (nSPS) is 17.3. The minimum atomic E-state index is -3.79. The van der Waals surface area contributed by atoms with Crippen molar-refractivity contribution in [3.05, 3.63) is 12.4 Å². The van der Waals surface area contributed by atoms with Gasteiger partial charge in [-0.05, 0) is 67.2 Å². The number of rotatable bonds is 9. The summed E-state index contributed by atoms with van der Waals surface area (Å²) in [6.45, 7) is 10.2. The van der Waals surface area contributed by atoms with E-state index in [-0.39, 0.29) is 12.2 Å². The third-order valence-electron chi connectivity index (χ3n) is 4.91. The predicted molar refractivity (Wildman–Crippen MR) is 122 cm³/mol. The highest BCUT2D eigenvalue weighted by atomic mass is 32.2. The molecule has 1 aliphatic rings. The molecule has 1 N–H and O–H groups in total. The quantitative estimate of drug-likeness (QED) is 0.415. The molecule has 0 bridgehead atoms. The lowest BCUT2D eigenvalue weighted by atomic mass is 9.75. The van der Waals surface area contributed by atoms with Gasteiger partial charge in [-0.25, -0.2) is 18.0 Å². The molecule has 1 atom stereocenters. The van der Waals surface area contributed by atoms with E-state index in [0.29, 0.717) is 6.42 Å². The Kier molecular flexibility index (Phi) is 8.26. The van der Waals surface area contributed by atoms with Crippen molar-refractivity contribution in [2.24, 2.45) is 4.40 Å². The number of nitrogens with zero attached hydrogens (tertiary/aromatic N) is 4. The Morgan fingerprint density at radius 1 is 1.12 bits per heavy atom. The third kappa shape index (κ3) is 8.75. The summed E-state index contributed by atoms with van der Waals surface area (Å²) in [7, 11) is -3.79. The Morgan fingerprint density at radius 3 is 2.18 bits per heavy atom. The van der Waals surface area contributed by atoms with Crippen LogP contribution in [0.1, 0.15) is 73.6 Å². The molecule has 1 aliphatic carbocycles. The number of ether oxygens (including phenoxy) is 2. The molecule has 0 spiro atoms. The molecule has 1 heterocycles. The fourth-order valence-electron chi connectivity index (χ4n) is 3.27. The number of carbonyl (C=O) groups excluding carboxylic acids is 2. The molecule has 12 heteroatoms. The second-order valence-electron chi connectivity index (χ2n) is 10.2. The van der Waals surface area contributed by atoms with Crippen LogP contribution >= 0.6 is 0 Å². The average molecular weight is 486 g/mol. The van der Waals surface area contributed by atoms with E-state index >= 15 is 0 Å². The highest BCUT2D eigenvalue weighted by Crippen LogP contribution is 2.41. The van der Waals surface area contributed by atoms with Crippen molar-refractivity contribution in [2.75, 3.05) is 5.75 Å². The molecule has 0 radical (unpaired) electrons. The first-order valence-electron chi connectivity index (χ1n) is 11.0. The van der Waals surface area contributed by atoms with Crippen molar-refractivity contribution in [1.29, 1.82) is 0 Å². The number of nitrogens with one attached hydrogen (secondary N) is 1. The molecule has 1 saturated carbocycles. The SMILES string of the molecule is CC(C)(C)OC(=O)N[C@@H](CC=NS(=O)(=O)CCC1(n2nccn2)CCC1)C(=O)OC(C)(C)C. The fraction of sp³-hybridized carbons (Fsp3) is 0.762. The smallest absolute Gasteiger partial charge is 0.408 e. The van der Waals surface area contributed by atoms with Gasteiger partial charge in [0.2, 0.25) is 0 Å². The summed E-state index contributed by atoms with van der Waals surface area (Å²) in [4.78, 5) is 26.3. The van der Waals surface area contributed by atoms with Crippen molar-refractivity contribution >= 4 is 28.3 Å². The van der Waals surface area contributed by atoms with Gasteiger partial charge in [0.25, 0.3) is 10.0 Å². The molecule has 1 fully saturated rings. The van der Waals surface area contributed by atoms with E-state index in [2.05, 4.69) is 19.9 Å². The summed E-state index contributed by atoms with van der Waals surface area (Å²) >= 11 is 0. The average Bonchev–Trinajstić information content (AvgIpc) is 3.11. The van der Waals surface area contributed by atoms with E-state index in [1.54, 1.807) is 58.7 Å². The van der Waals surface area contributed by atoms with Gasteiger partial charge in [0.1, 0.15) is 17.2 Å². The number of esters is 1. The molecule has 11 nitrogen and oxygen atoms in total. The Bertz CT molecular complexity index is 941. The van der Waals surface area contributed by atoms with Crippen LogP contribution in [0.25, 0.3) is 0 Å². The summed E-state index contributed by atoms with van der Waals surface area (Å²) in [6.07, 6.45) is 6.21. The first-order chi connectivity index (χ1) is 15.1. The minimum Gasteiger partial charge on any atom is -0.458 e. The predicted octanol–water partition coefficient (Wildman–Crippen LogP) is 2.57. The van der Waals surface area contributed by atoms with Crippen LogP contribution in [-0.2, 0) is 29.8 Å². The van der Waals surface area contributed by atoms with Crippen LogP contribution in [0.4, 0.5) is 4.79 Å². The molecule has 0 saturated heterocycles. The van der Waals surface area contributed by atoms with Crippen LogP contribution in [0, 0.1) is 0 Å². The maximum atomic E-state index is 12.5. The van der Waals surface area contributed by atoms with E-state index in [1.807, 2.05) is 0 Å². The summed E-state index contributed by atoms with van der Waals surface area (Å²) in [5.41, 5.74) is -1.95. The number of hydrogen-bond acceptors (Lipinski definition) is 8. The molecule has 2 rings (SSSR count). The zero-order valence-corrected chi connectivity index (χ0v) is 21.0. The van der Waals surface area contributed by atoms with E-state index in [9.17, 15) is 18.0 Å². The molecule has 33 heavy (non-hydrogen) atoms. The van der Waals surface area contributed by atoms with Crippen LogP contribution in [0.2, 0.25) is 0 Å². The number of amides is 1. The Balaban J connectivity index is 2.02. The van der Waals surface area contributed by atoms with Crippen molar-refractivity contribution in [3.8, 4) is 0 Å². The van der Waals surface area contributed by atoms with Crippen LogP contribution in [-0.4, -0.2) is 64.7 Å². The first kappa shape index (κ1) is 26.7. The van der Waals surface area contributed by atoms with E-state index in [0.717, 1.165) is 25.5 Å². The fourth-order valence-corrected chi connectivity index (χ4v) is 4.32. The van der Waals surface area contributed by atoms with Gasteiger partial charge in [-0.15, -0.1) is 0 Å². The number of alkyl carbamates (subject to hydrolysis) is 1. The topological polar surface area (TPSA) is 142 Å². The largest absolute Gasteiger partial charge is 0.458 e. The lowest BCUT2D eigenvalue weighted by Gasteiger charge is -2.40. The van der Waals surface area contributed by atoms with Gasteiger partial charge >= 0.3 is 12.1 Å². The second-order valence-corrected chi connectivity index (χ2v) is 12.0. The molecule has 1 amide bonds. The summed E-state index contributed by atoms with van der Waals surface area (Å²) < 4.78 is 39.2. The van der Waals surface area contributed by atoms with Crippen molar-refractivity contribution < 1.29 is 27.5 Å². The van der Waals surface area contributed by atoms with E-state index < -0.39 is 44.9 Å². The number of hydrogen-bond donors (Lipinski definition) is 1. The summed E-state index contributed by atoms with van der Waals surface area (Å²) in [6, 6.07) is -1.15. The minimum absolute atomic E-state index is 0.167. The van der Waals surface area contributed by atoms with Gasteiger partial charge in [-0.3, -0.25) is 0 Å². The molecular weight excluding hydrogens is 450 g/mol. The Hall–Kier alpha value is -2.50. The molecule has 186 valence electrons. The van der Waals surface area contributed by atoms with Crippen molar-refractivity contribution in [1.82, 2.24) is 20.3 Å². The first-order valence-corrected chi connectivity index (χ1v) is 12.6. The standard InChI is InChI=1S/C21H35N5O6S/c1-19(2,3)31-17(27)16(25-18(28)32-20(4,5)6)8-12-24-33(29,30)15-11-21(9-7-10-21)26-22-13-14-23-26/h12-14,16H,7-11,15H2,1-6H3,(H,25,28)/t16-/m0/s1. The van der Waals surface area contributed by atoms with Gasteiger partial charge < -0.3 is 14.8 Å². The maximum absolute atomic E-state index is 12.5. The molecule has 0 unspecified atom stereocenters. The maximum Gasteiger partial charge on any atom is 0.408 e. The molecule has 0 aromatic carbocycles. The van der Waals surface area contributed by atoms with Gasteiger partial charge in [0.05, 0.1) is 23.7 Å². The lowest BCUT2D eigenvalue weighted by molar-refractivity contribution is -0.157. The van der Waals surface area contributed by atoms with Crippen LogP contribution < -0.4 is 5.32 Å². The second kappa shape index (κ2) is 10.2. The lowest BCUT2D eigenvalue weighted by Crippen LogP contribution is -2.46. The summed E-state index contributed by atoms with van der Waals surface area (Å²) in [5, 5.41) is 10.8. The summed E-state index contributed by atoms with van der Waals surface area (Å²) in [5.74, 6) is -0.892. The van der Waals surface area contributed by atoms with Gasteiger partial charge in [-0.2, -0.15) is 19.4 Å². The van der Waals surface area contributed by atoms with Crippen molar-refractivity contribution in [2.45, 2.75) is 96.4 Å². The third-order valence-corrected chi connectivity index (χ3v) is 6.10. The van der Waals surface area contributed by atoms with Crippen LogP contribution in [0.15, 0.2) is 16.8 Å². The number of sulfonamides is 1. The van der Waals surface area contributed by atoms with Crippen LogP contribution in [0.3, 0.4) is 0 Å².